The van der Waals surface area contributed by atoms with E-state index >= 15 is 0 Å². The van der Waals surface area contributed by atoms with Gasteiger partial charge in [-0.25, -0.2) is 0 Å². The highest BCUT2D eigenvalue weighted by Gasteiger charge is 2.18. The van der Waals surface area contributed by atoms with Gasteiger partial charge in [0.25, 0.3) is 0 Å². The van der Waals surface area contributed by atoms with Crippen LogP contribution in [0.15, 0.2) is 84.0 Å². The van der Waals surface area contributed by atoms with Crippen molar-refractivity contribution in [1.29, 1.82) is 0 Å². The van der Waals surface area contributed by atoms with Crippen LogP contribution < -0.4 is 4.74 Å². The number of allylic oxidation sites excluding steroid dienone is 1. The number of ether oxygens (including phenoxy) is 1. The molecular weight excluding hydrogens is 396 g/mol. The molecule has 0 aliphatic rings. The minimum atomic E-state index is -0.0492. The Balaban J connectivity index is 2.21. The van der Waals surface area contributed by atoms with E-state index in [4.69, 9.17) is 9.57 Å². The number of benzene rings is 3. The third kappa shape index (κ3) is 5.65. The number of hydrogen-bond donors (Lipinski definition) is 0. The van der Waals surface area contributed by atoms with Crippen LogP contribution in [0.1, 0.15) is 42.5 Å². The Morgan fingerprint density at radius 2 is 1.56 bits per heavy atom. The van der Waals surface area contributed by atoms with Gasteiger partial charge in [-0.15, -0.1) is 0 Å². The third-order valence-corrected chi connectivity index (χ3v) is 5.47. The zero-order valence-electron chi connectivity index (χ0n) is 19.6. The number of hydrogen-bond acceptors (Lipinski definition) is 4. The van der Waals surface area contributed by atoms with Crippen molar-refractivity contribution in [2.45, 2.75) is 26.5 Å². The second kappa shape index (κ2) is 11.3. The molecule has 4 nitrogen and oxygen atoms in total. The maximum atomic E-state index is 6.37. The van der Waals surface area contributed by atoms with Crippen LogP contribution in [0, 0.1) is 0 Å². The predicted octanol–water partition coefficient (Wildman–Crippen LogP) is 6.32. The highest BCUT2D eigenvalue weighted by molar-refractivity contribution is 6.00. The van der Waals surface area contributed by atoms with Crippen LogP contribution in [0.25, 0.3) is 11.1 Å². The van der Waals surface area contributed by atoms with E-state index in [1.807, 2.05) is 26.2 Å². The van der Waals surface area contributed by atoms with Crippen LogP contribution in [0.3, 0.4) is 0 Å². The van der Waals surface area contributed by atoms with Crippen LogP contribution in [0.5, 0.6) is 5.75 Å². The molecule has 3 aromatic rings. The fourth-order valence-corrected chi connectivity index (χ4v) is 3.57. The van der Waals surface area contributed by atoms with E-state index in [1.54, 1.807) is 13.3 Å². The molecule has 0 bridgehead atoms. The summed E-state index contributed by atoms with van der Waals surface area (Å²) >= 11 is 0. The summed E-state index contributed by atoms with van der Waals surface area (Å²) in [5.41, 5.74) is 6.87. The molecule has 0 aliphatic carbocycles. The summed E-state index contributed by atoms with van der Waals surface area (Å²) in [5.74, 6) is 0.871. The normalized spacial score (nSPS) is 13.2. The summed E-state index contributed by atoms with van der Waals surface area (Å²) in [6.07, 6.45) is 2.55. The van der Waals surface area contributed by atoms with Crippen molar-refractivity contribution in [2.24, 2.45) is 5.16 Å². The van der Waals surface area contributed by atoms with Gasteiger partial charge in [0.2, 0.25) is 0 Å². The van der Waals surface area contributed by atoms with Gasteiger partial charge >= 0.3 is 0 Å². The molecule has 3 rings (SSSR count). The lowest BCUT2D eigenvalue weighted by Gasteiger charge is -2.25. The van der Waals surface area contributed by atoms with Crippen molar-refractivity contribution in [3.8, 4) is 5.75 Å². The van der Waals surface area contributed by atoms with E-state index in [9.17, 15) is 0 Å². The SMILES string of the molecule is CC/C(=C(\c1ccc(/C=N/OC)cc1)c1ccccc1OC(C)N(C)C)c1ccccc1. The van der Waals surface area contributed by atoms with Gasteiger partial charge in [-0.3, -0.25) is 4.90 Å². The molecule has 0 radical (unpaired) electrons. The van der Waals surface area contributed by atoms with Gasteiger partial charge in [-0.05, 0) is 61.3 Å². The van der Waals surface area contributed by atoms with Gasteiger partial charge in [0.1, 0.15) is 19.1 Å². The Kier molecular flexibility index (Phi) is 8.23. The molecule has 166 valence electrons. The summed E-state index contributed by atoms with van der Waals surface area (Å²) in [4.78, 5) is 6.88. The Morgan fingerprint density at radius 1 is 0.906 bits per heavy atom. The van der Waals surface area contributed by atoms with Crippen LogP contribution in [0.4, 0.5) is 0 Å². The summed E-state index contributed by atoms with van der Waals surface area (Å²) in [6, 6.07) is 27.2. The van der Waals surface area contributed by atoms with Crippen molar-refractivity contribution < 1.29 is 9.57 Å². The average Bonchev–Trinajstić information content (AvgIpc) is 2.82. The predicted molar refractivity (Wildman–Crippen MR) is 134 cm³/mol. The maximum absolute atomic E-state index is 6.37. The van der Waals surface area contributed by atoms with Crippen LogP contribution >= 0.6 is 0 Å². The van der Waals surface area contributed by atoms with E-state index in [1.165, 1.54) is 16.7 Å². The second-order valence-corrected chi connectivity index (χ2v) is 7.79. The lowest BCUT2D eigenvalue weighted by atomic mass is 9.87. The molecule has 0 aliphatic heterocycles. The van der Waals surface area contributed by atoms with Gasteiger partial charge in [-0.2, -0.15) is 0 Å². The largest absolute Gasteiger partial charge is 0.475 e. The topological polar surface area (TPSA) is 34.1 Å². The zero-order chi connectivity index (χ0) is 22.9. The van der Waals surface area contributed by atoms with E-state index in [0.29, 0.717) is 0 Å². The molecule has 1 unspecified atom stereocenters. The summed E-state index contributed by atoms with van der Waals surface area (Å²) in [6.45, 7) is 4.26. The van der Waals surface area contributed by atoms with E-state index < -0.39 is 0 Å². The molecule has 0 spiro atoms. The molecule has 32 heavy (non-hydrogen) atoms. The molecule has 0 fully saturated rings. The standard InChI is InChI=1S/C28H32N2O2/c1-6-25(23-12-8-7-9-13-23)28(24-18-16-22(17-19-24)20-29-31-5)26-14-10-11-15-27(26)32-21(2)30(3)4/h7-21H,6H2,1-5H3/b28-25-,29-20+. The monoisotopic (exact) mass is 428 g/mol. The first-order chi connectivity index (χ1) is 15.5. The van der Waals surface area contributed by atoms with E-state index in [0.717, 1.165) is 28.9 Å². The molecule has 0 amide bonds. The number of nitrogens with zero attached hydrogens (tertiary/aromatic N) is 2. The molecule has 3 aromatic carbocycles. The van der Waals surface area contributed by atoms with E-state index in [2.05, 4.69) is 90.6 Å². The van der Waals surface area contributed by atoms with Crippen molar-refractivity contribution >= 4 is 17.4 Å². The smallest absolute Gasteiger partial charge is 0.149 e. The van der Waals surface area contributed by atoms with Gasteiger partial charge in [0.15, 0.2) is 0 Å². The van der Waals surface area contributed by atoms with Crippen LogP contribution in [0.2, 0.25) is 0 Å². The van der Waals surface area contributed by atoms with Gasteiger partial charge in [-0.1, -0.05) is 84.9 Å². The Hall–Kier alpha value is -3.37. The summed E-state index contributed by atoms with van der Waals surface area (Å²) in [5, 5.41) is 3.88. The fourth-order valence-electron chi connectivity index (χ4n) is 3.57. The molecule has 0 aromatic heterocycles. The molecule has 4 heteroatoms. The first kappa shape index (κ1) is 23.3. The molecule has 1 atom stereocenters. The van der Waals surface area contributed by atoms with Crippen molar-refractivity contribution in [3.63, 3.8) is 0 Å². The van der Waals surface area contributed by atoms with Crippen LogP contribution in [-0.4, -0.2) is 38.5 Å². The van der Waals surface area contributed by atoms with Gasteiger partial charge < -0.3 is 9.57 Å². The summed E-state index contributed by atoms with van der Waals surface area (Å²) in [7, 11) is 5.59. The lowest BCUT2D eigenvalue weighted by Crippen LogP contribution is -2.30. The number of rotatable bonds is 9. The van der Waals surface area contributed by atoms with Gasteiger partial charge in [0, 0.05) is 5.56 Å². The second-order valence-electron chi connectivity index (χ2n) is 7.79. The molecule has 0 saturated heterocycles. The first-order valence-corrected chi connectivity index (χ1v) is 10.9. The summed E-state index contributed by atoms with van der Waals surface area (Å²) < 4.78 is 6.37. The zero-order valence-corrected chi connectivity index (χ0v) is 19.6. The van der Waals surface area contributed by atoms with Crippen molar-refractivity contribution in [3.05, 3.63) is 101 Å². The molecule has 0 heterocycles. The third-order valence-electron chi connectivity index (χ3n) is 5.47. The fraction of sp³-hybridized carbons (Fsp3) is 0.250. The number of para-hydroxylation sites is 1. The van der Waals surface area contributed by atoms with Crippen molar-refractivity contribution in [1.82, 2.24) is 4.90 Å². The first-order valence-electron chi connectivity index (χ1n) is 10.9. The minimum absolute atomic E-state index is 0.0492. The van der Waals surface area contributed by atoms with Gasteiger partial charge in [0.05, 0.1) is 6.21 Å². The Labute approximate surface area is 191 Å². The highest BCUT2D eigenvalue weighted by Crippen LogP contribution is 2.38. The average molecular weight is 429 g/mol. The molecule has 0 N–H and O–H groups in total. The number of oxime groups is 1. The lowest BCUT2D eigenvalue weighted by molar-refractivity contribution is 0.0813. The minimum Gasteiger partial charge on any atom is -0.475 e. The van der Waals surface area contributed by atoms with Crippen molar-refractivity contribution in [2.75, 3.05) is 21.2 Å². The van der Waals surface area contributed by atoms with E-state index in [-0.39, 0.29) is 6.23 Å². The molecular formula is C28H32N2O2. The Bertz CT molecular complexity index is 1050. The maximum Gasteiger partial charge on any atom is 0.149 e. The Morgan fingerprint density at radius 3 is 2.19 bits per heavy atom. The highest BCUT2D eigenvalue weighted by atomic mass is 16.6. The molecule has 0 saturated carbocycles. The quantitative estimate of drug-likeness (QED) is 0.173. The van der Waals surface area contributed by atoms with Crippen LogP contribution in [-0.2, 0) is 4.84 Å².